The van der Waals surface area contributed by atoms with E-state index in [1.807, 2.05) is 7.11 Å². The summed E-state index contributed by atoms with van der Waals surface area (Å²) in [5, 5.41) is 9.75. The van der Waals surface area contributed by atoms with Gasteiger partial charge in [-0.05, 0) is 104 Å². The molecule has 1 spiro atoms. The van der Waals surface area contributed by atoms with Crippen LogP contribution in [-0.4, -0.2) is 24.9 Å². The molecule has 5 aliphatic carbocycles. The quantitative estimate of drug-likeness (QED) is 0.475. The number of hydrogen-bond acceptors (Lipinski definition) is 2. The lowest BCUT2D eigenvalue weighted by atomic mass is 9.45. The van der Waals surface area contributed by atoms with E-state index in [2.05, 4.69) is 46.8 Å². The molecule has 5 saturated carbocycles. The van der Waals surface area contributed by atoms with Gasteiger partial charge in [-0.3, -0.25) is 0 Å². The smallest absolute Gasteiger partial charge is 0.0638 e. The summed E-state index contributed by atoms with van der Waals surface area (Å²) in [6, 6.07) is 0. The van der Waals surface area contributed by atoms with Crippen LogP contribution in [0.4, 0.5) is 0 Å². The minimum Gasteiger partial charge on any atom is -0.396 e. The molecule has 0 unspecified atom stereocenters. The molecule has 0 heterocycles. The van der Waals surface area contributed by atoms with Gasteiger partial charge in [0.25, 0.3) is 0 Å². The molecule has 11 atom stereocenters. The van der Waals surface area contributed by atoms with Crippen molar-refractivity contribution < 1.29 is 9.84 Å². The van der Waals surface area contributed by atoms with E-state index in [4.69, 9.17) is 4.74 Å². The van der Waals surface area contributed by atoms with Crippen LogP contribution in [0.1, 0.15) is 86.0 Å². The highest BCUT2D eigenvalue weighted by Gasteiger charge is 2.77. The molecule has 5 aliphatic rings. The van der Waals surface area contributed by atoms with Gasteiger partial charge in [-0.2, -0.15) is 0 Å². The van der Waals surface area contributed by atoms with Crippen LogP contribution in [-0.2, 0) is 4.74 Å². The van der Waals surface area contributed by atoms with Crippen LogP contribution in [0.5, 0.6) is 0 Å². The zero-order valence-electron chi connectivity index (χ0n) is 21.1. The van der Waals surface area contributed by atoms with Crippen LogP contribution in [0.2, 0.25) is 0 Å². The van der Waals surface area contributed by atoms with Crippen LogP contribution in [0.25, 0.3) is 0 Å². The predicted octanol–water partition coefficient (Wildman–Crippen LogP) is 6.73. The first-order valence-electron chi connectivity index (χ1n) is 13.5. The number of rotatable bonds is 6. The van der Waals surface area contributed by atoms with Crippen LogP contribution in [0.3, 0.4) is 0 Å². The Bertz CT molecular complexity index is 714. The zero-order chi connectivity index (χ0) is 22.2. The second-order valence-corrected chi connectivity index (χ2v) is 13.3. The Morgan fingerprint density at radius 1 is 1.00 bits per heavy atom. The molecule has 0 aromatic heterocycles. The lowest BCUT2D eigenvalue weighted by Crippen LogP contribution is -2.57. The molecule has 0 aromatic rings. The Morgan fingerprint density at radius 2 is 1.77 bits per heavy atom. The van der Waals surface area contributed by atoms with Crippen LogP contribution in [0.15, 0.2) is 12.2 Å². The predicted molar refractivity (Wildman–Crippen MR) is 128 cm³/mol. The van der Waals surface area contributed by atoms with Crippen molar-refractivity contribution in [1.82, 2.24) is 0 Å². The molecule has 5 rings (SSSR count). The van der Waals surface area contributed by atoms with Gasteiger partial charge in [0.05, 0.1) is 6.10 Å². The molecule has 1 N–H and O–H groups in total. The summed E-state index contributed by atoms with van der Waals surface area (Å²) >= 11 is 0. The number of aliphatic hydroxyl groups is 1. The molecule has 176 valence electrons. The number of aliphatic hydroxyl groups excluding tert-OH is 1. The summed E-state index contributed by atoms with van der Waals surface area (Å²) in [5.74, 6) is 5.89. The lowest BCUT2D eigenvalue weighted by molar-refractivity contribution is -0.160. The summed E-state index contributed by atoms with van der Waals surface area (Å²) in [6.07, 6.45) is 16.7. The first-order valence-corrected chi connectivity index (χ1v) is 13.5. The van der Waals surface area contributed by atoms with Gasteiger partial charge in [0, 0.05) is 25.0 Å². The van der Waals surface area contributed by atoms with Gasteiger partial charge < -0.3 is 9.84 Å². The highest BCUT2D eigenvalue weighted by Crippen LogP contribution is 2.82. The standard InChI is InChI=1S/C29H48O2/c1-18(2)20(17-30)8-7-19(3)23-9-10-24-22-15-26(31-6)29-16-21(29)11-14-28(29,5)25(22)12-13-27(23,24)4/h7-8,18-26,30H,9-17H2,1-6H3/b8-7+/t19-,20+,21-,22+,23-,24+,25+,26-,27-,28-,29+/m1/s1. The van der Waals surface area contributed by atoms with Gasteiger partial charge in [0.2, 0.25) is 0 Å². The van der Waals surface area contributed by atoms with Crippen molar-refractivity contribution >= 4 is 0 Å². The Hall–Kier alpha value is -0.340. The third kappa shape index (κ3) is 2.95. The highest BCUT2D eigenvalue weighted by molar-refractivity contribution is 5.26. The second kappa shape index (κ2) is 7.59. The van der Waals surface area contributed by atoms with Crippen molar-refractivity contribution in [3.05, 3.63) is 12.2 Å². The van der Waals surface area contributed by atoms with Crippen LogP contribution < -0.4 is 0 Å². The summed E-state index contributed by atoms with van der Waals surface area (Å²) in [4.78, 5) is 0. The van der Waals surface area contributed by atoms with E-state index in [0.717, 1.165) is 29.6 Å². The van der Waals surface area contributed by atoms with E-state index in [1.165, 1.54) is 51.4 Å². The number of allylic oxidation sites excluding steroid dienone is 1. The summed E-state index contributed by atoms with van der Waals surface area (Å²) in [6.45, 7) is 12.5. The summed E-state index contributed by atoms with van der Waals surface area (Å²) < 4.78 is 6.28. The number of methoxy groups -OCH3 is 1. The number of ether oxygens (including phenoxy) is 1. The van der Waals surface area contributed by atoms with E-state index in [0.29, 0.717) is 40.1 Å². The average molecular weight is 429 g/mol. The van der Waals surface area contributed by atoms with E-state index in [-0.39, 0.29) is 6.61 Å². The number of hydrogen-bond donors (Lipinski definition) is 1. The first kappa shape index (κ1) is 22.5. The lowest BCUT2D eigenvalue weighted by Gasteiger charge is -2.61. The van der Waals surface area contributed by atoms with E-state index >= 15 is 0 Å². The van der Waals surface area contributed by atoms with Gasteiger partial charge in [-0.1, -0.05) is 46.8 Å². The zero-order valence-corrected chi connectivity index (χ0v) is 21.1. The first-order chi connectivity index (χ1) is 14.7. The Labute approximate surface area is 191 Å². The third-order valence-electron chi connectivity index (χ3n) is 12.3. The van der Waals surface area contributed by atoms with Gasteiger partial charge in [0.15, 0.2) is 0 Å². The molecule has 0 amide bonds. The molecular formula is C29H48O2. The Morgan fingerprint density at radius 3 is 2.42 bits per heavy atom. The Balaban J connectivity index is 1.37. The second-order valence-electron chi connectivity index (χ2n) is 13.3. The van der Waals surface area contributed by atoms with Crippen molar-refractivity contribution in [2.45, 2.75) is 92.1 Å². The van der Waals surface area contributed by atoms with Gasteiger partial charge in [-0.25, -0.2) is 0 Å². The van der Waals surface area contributed by atoms with Crippen molar-refractivity contribution in [1.29, 1.82) is 0 Å². The molecule has 2 nitrogen and oxygen atoms in total. The molecule has 0 aromatic carbocycles. The molecule has 2 heteroatoms. The maximum Gasteiger partial charge on any atom is 0.0638 e. The minimum absolute atomic E-state index is 0.273. The SMILES string of the molecule is CO[C@@H]1C[C@H]2[C@@H]3CC[C@H]([C@H](C)/C=C/[C@@H](CO)C(C)C)[C@@]3(C)CC[C@@H]2[C@@]2(C)CC[C@@H]3C[C@]312. The normalized spacial score (nSPS) is 52.5. The minimum atomic E-state index is 0.273. The topological polar surface area (TPSA) is 29.5 Å². The fourth-order valence-corrected chi connectivity index (χ4v) is 10.4. The fourth-order valence-electron chi connectivity index (χ4n) is 10.4. The van der Waals surface area contributed by atoms with Crippen molar-refractivity contribution in [3.8, 4) is 0 Å². The third-order valence-corrected chi connectivity index (χ3v) is 12.3. The maximum atomic E-state index is 9.75. The maximum absolute atomic E-state index is 9.75. The fraction of sp³-hybridized carbons (Fsp3) is 0.931. The summed E-state index contributed by atoms with van der Waals surface area (Å²) in [7, 11) is 2.01. The van der Waals surface area contributed by atoms with Gasteiger partial charge in [-0.15, -0.1) is 0 Å². The van der Waals surface area contributed by atoms with E-state index in [1.54, 1.807) is 0 Å². The average Bonchev–Trinajstić information content (AvgIpc) is 3.24. The van der Waals surface area contributed by atoms with Crippen molar-refractivity contribution in [3.63, 3.8) is 0 Å². The van der Waals surface area contributed by atoms with Crippen molar-refractivity contribution in [2.75, 3.05) is 13.7 Å². The Kier molecular flexibility index (Phi) is 5.50. The largest absolute Gasteiger partial charge is 0.396 e. The molecule has 31 heavy (non-hydrogen) atoms. The van der Waals surface area contributed by atoms with E-state index in [9.17, 15) is 5.11 Å². The molecule has 0 radical (unpaired) electrons. The molecular weight excluding hydrogens is 380 g/mol. The van der Waals surface area contributed by atoms with Crippen LogP contribution in [0, 0.1) is 63.6 Å². The molecule has 0 bridgehead atoms. The molecule has 0 aliphatic heterocycles. The number of fused-ring (bicyclic) bond motifs is 4. The van der Waals surface area contributed by atoms with Gasteiger partial charge in [0.1, 0.15) is 0 Å². The highest BCUT2D eigenvalue weighted by atomic mass is 16.5. The van der Waals surface area contributed by atoms with Gasteiger partial charge >= 0.3 is 0 Å². The van der Waals surface area contributed by atoms with Crippen molar-refractivity contribution in [2.24, 2.45) is 63.6 Å². The monoisotopic (exact) mass is 428 g/mol. The summed E-state index contributed by atoms with van der Waals surface area (Å²) in [5.41, 5.74) is 1.57. The molecule has 0 saturated heterocycles. The van der Waals surface area contributed by atoms with E-state index < -0.39 is 0 Å². The molecule has 5 fully saturated rings. The van der Waals surface area contributed by atoms with Crippen LogP contribution >= 0.6 is 0 Å².